The first-order chi connectivity index (χ1) is 14.9. The molecule has 3 rings (SSSR count). The van der Waals surface area contributed by atoms with Gasteiger partial charge in [0.05, 0.1) is 10.7 Å². The molecular weight excluding hydrogens is 502 g/mol. The van der Waals surface area contributed by atoms with Crippen molar-refractivity contribution in [1.29, 1.82) is 0 Å². The normalized spacial score (nSPS) is 10.4. The molecule has 0 radical (unpaired) electrons. The number of nitrogens with one attached hydrogen (secondary N) is 3. The Kier molecular flexibility index (Phi) is 7.84. The molecule has 3 N–H and O–H groups in total. The number of carbonyl (C=O) groups excluding carboxylic acids is 2. The number of thiocarbonyl (C=S) groups is 1. The summed E-state index contributed by atoms with van der Waals surface area (Å²) in [6.07, 6.45) is 1.17. The Morgan fingerprint density at radius 3 is 2.52 bits per heavy atom. The van der Waals surface area contributed by atoms with Crippen molar-refractivity contribution < 1.29 is 14.0 Å². The zero-order chi connectivity index (χ0) is 22.4. The number of hydrogen-bond acceptors (Lipinski definition) is 4. The Morgan fingerprint density at radius 2 is 1.81 bits per heavy atom. The van der Waals surface area contributed by atoms with Gasteiger partial charge in [-0.15, -0.1) is 0 Å². The van der Waals surface area contributed by atoms with Crippen molar-refractivity contribution in [2.45, 2.75) is 19.8 Å². The smallest absolute Gasteiger partial charge is 0.293 e. The highest BCUT2D eigenvalue weighted by Crippen LogP contribution is 2.26. The first-order valence-electron chi connectivity index (χ1n) is 9.43. The molecular formula is C22H19BrClN3O3S. The van der Waals surface area contributed by atoms with Crippen LogP contribution in [0.3, 0.4) is 0 Å². The predicted octanol–water partition coefficient (Wildman–Crippen LogP) is 6.23. The fourth-order valence-electron chi connectivity index (χ4n) is 2.70. The largest absolute Gasteiger partial charge is 0.451 e. The molecule has 6 nitrogen and oxygen atoms in total. The van der Waals surface area contributed by atoms with Gasteiger partial charge in [-0.1, -0.05) is 46.6 Å². The lowest BCUT2D eigenvalue weighted by molar-refractivity contribution is -0.116. The van der Waals surface area contributed by atoms with Gasteiger partial charge in [-0.2, -0.15) is 0 Å². The van der Waals surface area contributed by atoms with Gasteiger partial charge in [0.25, 0.3) is 5.91 Å². The number of furan rings is 1. The number of halogens is 2. The maximum Gasteiger partial charge on any atom is 0.293 e. The minimum atomic E-state index is -0.496. The number of benzene rings is 2. The summed E-state index contributed by atoms with van der Waals surface area (Å²) in [5.41, 5.74) is 1.87. The Balaban J connectivity index is 1.63. The van der Waals surface area contributed by atoms with Gasteiger partial charge < -0.3 is 15.1 Å². The van der Waals surface area contributed by atoms with Gasteiger partial charge in [-0.25, -0.2) is 0 Å². The SMILES string of the molecule is CCCC(=O)Nc1ccc(Cl)c(NC(=S)NC(=O)c2ccc(-c3ccc(Br)cc3)o2)c1. The predicted molar refractivity (Wildman–Crippen MR) is 131 cm³/mol. The van der Waals surface area contributed by atoms with Crippen LogP contribution in [0.15, 0.2) is 63.5 Å². The molecule has 9 heteroatoms. The van der Waals surface area contributed by atoms with Gasteiger partial charge in [-0.05, 0) is 61.1 Å². The Morgan fingerprint density at radius 1 is 1.06 bits per heavy atom. The van der Waals surface area contributed by atoms with Crippen LogP contribution in [0, 0.1) is 0 Å². The lowest BCUT2D eigenvalue weighted by Gasteiger charge is -2.12. The quantitative estimate of drug-likeness (QED) is 0.336. The molecule has 2 amide bonds. The Labute approximate surface area is 198 Å². The molecule has 1 heterocycles. The number of anilines is 2. The number of hydrogen-bond donors (Lipinski definition) is 3. The summed E-state index contributed by atoms with van der Waals surface area (Å²) in [6.45, 7) is 1.93. The van der Waals surface area contributed by atoms with Crippen LogP contribution in [0.5, 0.6) is 0 Å². The summed E-state index contributed by atoms with van der Waals surface area (Å²) in [6, 6.07) is 15.8. The van der Waals surface area contributed by atoms with Crippen LogP contribution in [0.2, 0.25) is 5.02 Å². The highest BCUT2D eigenvalue weighted by Gasteiger charge is 2.15. The van der Waals surface area contributed by atoms with Crippen LogP contribution in [0.4, 0.5) is 11.4 Å². The van der Waals surface area contributed by atoms with Crippen LogP contribution in [-0.2, 0) is 4.79 Å². The lowest BCUT2D eigenvalue weighted by Crippen LogP contribution is -2.34. The van der Waals surface area contributed by atoms with Crippen molar-refractivity contribution in [3.8, 4) is 11.3 Å². The second-order valence-electron chi connectivity index (χ2n) is 6.57. The molecule has 0 aliphatic rings. The molecule has 2 aromatic carbocycles. The average molecular weight is 521 g/mol. The molecule has 3 aromatic rings. The molecule has 0 aliphatic heterocycles. The third-order valence-electron chi connectivity index (χ3n) is 4.16. The van der Waals surface area contributed by atoms with Crippen LogP contribution < -0.4 is 16.0 Å². The zero-order valence-electron chi connectivity index (χ0n) is 16.5. The van der Waals surface area contributed by atoms with Crippen LogP contribution in [0.25, 0.3) is 11.3 Å². The molecule has 160 valence electrons. The van der Waals surface area contributed by atoms with Gasteiger partial charge in [-0.3, -0.25) is 14.9 Å². The monoisotopic (exact) mass is 519 g/mol. The summed E-state index contributed by atoms with van der Waals surface area (Å²) in [4.78, 5) is 24.3. The van der Waals surface area contributed by atoms with E-state index in [4.69, 9.17) is 28.2 Å². The van der Waals surface area contributed by atoms with E-state index in [1.54, 1.807) is 30.3 Å². The lowest BCUT2D eigenvalue weighted by atomic mass is 10.2. The highest BCUT2D eigenvalue weighted by atomic mass is 79.9. The number of rotatable bonds is 6. The number of amides is 2. The maximum atomic E-state index is 12.5. The van der Waals surface area contributed by atoms with Gasteiger partial charge in [0.2, 0.25) is 5.91 Å². The van der Waals surface area contributed by atoms with E-state index in [1.807, 2.05) is 31.2 Å². The van der Waals surface area contributed by atoms with Gasteiger partial charge in [0.1, 0.15) is 5.76 Å². The van der Waals surface area contributed by atoms with Crippen molar-refractivity contribution >= 4 is 68.1 Å². The van der Waals surface area contributed by atoms with Crippen molar-refractivity contribution in [3.05, 3.63) is 69.9 Å². The molecule has 0 bridgehead atoms. The van der Waals surface area contributed by atoms with Crippen LogP contribution in [0.1, 0.15) is 30.3 Å². The fourth-order valence-corrected chi connectivity index (χ4v) is 3.33. The summed E-state index contributed by atoms with van der Waals surface area (Å²) in [7, 11) is 0. The van der Waals surface area contributed by atoms with Gasteiger partial charge in [0.15, 0.2) is 10.9 Å². The van der Waals surface area contributed by atoms with Crippen LogP contribution >= 0.6 is 39.7 Å². The summed E-state index contributed by atoms with van der Waals surface area (Å²) < 4.78 is 6.59. The number of carbonyl (C=O) groups is 2. The third kappa shape index (κ3) is 6.40. The summed E-state index contributed by atoms with van der Waals surface area (Å²) in [5.74, 6) is 0.0966. The van der Waals surface area contributed by atoms with E-state index in [9.17, 15) is 9.59 Å². The van der Waals surface area contributed by atoms with Crippen molar-refractivity contribution in [3.63, 3.8) is 0 Å². The second-order valence-corrected chi connectivity index (χ2v) is 8.30. The van der Waals surface area contributed by atoms with Gasteiger partial charge >= 0.3 is 0 Å². The van der Waals surface area contributed by atoms with E-state index in [2.05, 4.69) is 31.9 Å². The summed E-state index contributed by atoms with van der Waals surface area (Å²) >= 11 is 14.8. The molecule has 0 spiro atoms. The molecule has 0 saturated carbocycles. The minimum Gasteiger partial charge on any atom is -0.451 e. The summed E-state index contributed by atoms with van der Waals surface area (Å²) in [5, 5.41) is 8.65. The van der Waals surface area contributed by atoms with E-state index < -0.39 is 5.91 Å². The second kappa shape index (κ2) is 10.6. The van der Waals surface area contributed by atoms with E-state index in [0.717, 1.165) is 16.5 Å². The molecule has 0 unspecified atom stereocenters. The van der Waals surface area contributed by atoms with E-state index >= 15 is 0 Å². The standard InChI is InChI=1S/C22H19BrClN3O3S/c1-2-3-20(28)25-15-8-9-16(24)17(12-15)26-22(31)27-21(29)19-11-10-18(30-19)13-4-6-14(23)7-5-13/h4-12H,2-3H2,1H3,(H,25,28)(H2,26,27,29,31). The van der Waals surface area contributed by atoms with Crippen molar-refractivity contribution in [2.75, 3.05) is 10.6 Å². The topological polar surface area (TPSA) is 83.4 Å². The molecule has 31 heavy (non-hydrogen) atoms. The maximum absolute atomic E-state index is 12.5. The molecule has 1 aromatic heterocycles. The third-order valence-corrected chi connectivity index (χ3v) is 5.22. The van der Waals surface area contributed by atoms with E-state index in [1.165, 1.54) is 0 Å². The van der Waals surface area contributed by atoms with Gasteiger partial charge in [0, 0.05) is 22.1 Å². The van der Waals surface area contributed by atoms with Crippen molar-refractivity contribution in [2.24, 2.45) is 0 Å². The van der Waals surface area contributed by atoms with E-state index in [-0.39, 0.29) is 16.8 Å². The first kappa shape index (κ1) is 23.0. The zero-order valence-corrected chi connectivity index (χ0v) is 19.7. The molecule has 0 saturated heterocycles. The molecule has 0 fully saturated rings. The minimum absolute atomic E-state index is 0.0468. The molecule has 0 aliphatic carbocycles. The first-order valence-corrected chi connectivity index (χ1v) is 11.0. The Bertz CT molecular complexity index is 1120. The van der Waals surface area contributed by atoms with Crippen molar-refractivity contribution in [1.82, 2.24) is 5.32 Å². The highest BCUT2D eigenvalue weighted by molar-refractivity contribution is 9.10. The fraction of sp³-hybridized carbons (Fsp3) is 0.136. The Hall–Kier alpha value is -2.68. The average Bonchev–Trinajstić information content (AvgIpc) is 3.21. The van der Waals surface area contributed by atoms with E-state index in [0.29, 0.717) is 28.6 Å². The van der Waals surface area contributed by atoms with Crippen LogP contribution in [-0.4, -0.2) is 16.9 Å². The molecule has 0 atom stereocenters.